The maximum atomic E-state index is 14.2. The summed E-state index contributed by atoms with van der Waals surface area (Å²) in [5.74, 6) is -1.61. The molecule has 1 heterocycles. The molecule has 4 nitrogen and oxygen atoms in total. The Balaban J connectivity index is 1.54. The highest BCUT2D eigenvalue weighted by Gasteiger charge is 2.37. The monoisotopic (exact) mass is 533 g/mol. The number of carbonyl (C=O) groups is 1. The summed E-state index contributed by atoms with van der Waals surface area (Å²) in [5, 5.41) is 0.166. The first-order chi connectivity index (χ1) is 16.1. The molecule has 3 aliphatic carbocycles. The van der Waals surface area contributed by atoms with Crippen LogP contribution in [0, 0.1) is 0 Å². The largest absolute Gasteiger partial charge is 0.398 e. The van der Waals surface area contributed by atoms with Crippen molar-refractivity contribution >= 4 is 40.7 Å². The van der Waals surface area contributed by atoms with Gasteiger partial charge in [-0.25, -0.2) is 13.2 Å². The summed E-state index contributed by atoms with van der Waals surface area (Å²) in [6.07, 6.45) is 6.68. The highest BCUT2D eigenvalue weighted by Crippen LogP contribution is 2.35. The van der Waals surface area contributed by atoms with E-state index in [1.54, 1.807) is 11.0 Å². The molecule has 184 valence electrons. The molecular formula is C24H25Cl3F3N3O. The highest BCUT2D eigenvalue weighted by molar-refractivity contribution is 6.31. The van der Waals surface area contributed by atoms with E-state index in [4.69, 9.17) is 40.5 Å². The molecule has 1 aliphatic heterocycles. The van der Waals surface area contributed by atoms with Gasteiger partial charge in [0.1, 0.15) is 17.8 Å². The zero-order valence-corrected chi connectivity index (χ0v) is 20.6. The molecule has 10 heteroatoms. The van der Waals surface area contributed by atoms with Crippen LogP contribution in [0.25, 0.3) is 0 Å². The van der Waals surface area contributed by atoms with Gasteiger partial charge in [0.05, 0.1) is 10.4 Å². The molecule has 3 unspecified atom stereocenters. The summed E-state index contributed by atoms with van der Waals surface area (Å²) in [6, 6.07) is -0.235. The van der Waals surface area contributed by atoms with Crippen molar-refractivity contribution in [2.75, 3.05) is 19.6 Å². The van der Waals surface area contributed by atoms with E-state index in [9.17, 15) is 18.0 Å². The minimum atomic E-state index is -1.51. The van der Waals surface area contributed by atoms with Crippen LogP contribution in [-0.4, -0.2) is 59.0 Å². The van der Waals surface area contributed by atoms with E-state index in [1.807, 2.05) is 6.08 Å². The van der Waals surface area contributed by atoms with Gasteiger partial charge in [-0.15, -0.1) is 11.6 Å². The van der Waals surface area contributed by atoms with Crippen LogP contribution in [-0.2, 0) is 4.79 Å². The Bertz CT molecular complexity index is 1050. The third-order valence-electron chi connectivity index (χ3n) is 6.58. The summed E-state index contributed by atoms with van der Waals surface area (Å²) in [4.78, 5) is 16.7. The second-order valence-corrected chi connectivity index (χ2v) is 10.4. The Morgan fingerprint density at radius 2 is 1.94 bits per heavy atom. The van der Waals surface area contributed by atoms with Crippen molar-refractivity contribution < 1.29 is 18.0 Å². The van der Waals surface area contributed by atoms with Crippen LogP contribution < -0.4 is 5.73 Å². The molecule has 2 N–H and O–H groups in total. The fourth-order valence-corrected chi connectivity index (χ4v) is 5.55. The standard InChI is InChI=1S/C24H25Cl3F3N3O/c25-19-10-20(26)22(30)7-14(19)11-33(17-1-2-23(31)21(27)9-17)18-3-4-32(12-18)24(34)13-5-15(28)8-16(29)6-13/h1-2,5,7-8,16-19H,3-4,6,9-12,31H2/t16?,17?,18-,19?/m0/s1. The molecular weight excluding hydrogens is 510 g/mol. The van der Waals surface area contributed by atoms with E-state index >= 15 is 0 Å². The molecule has 0 bridgehead atoms. The average molecular weight is 535 g/mol. The summed E-state index contributed by atoms with van der Waals surface area (Å²) in [5.41, 5.74) is 7.21. The SMILES string of the molecule is NC1=C(Cl)CC(N(CC2=CC(F)=C(Cl)CC2Cl)[C@H]2CCN(C(=O)C3=CC(F)=CC(F)C3)C2)C=C1. The predicted molar refractivity (Wildman–Crippen MR) is 129 cm³/mol. The number of nitrogens with zero attached hydrogens (tertiary/aromatic N) is 2. The summed E-state index contributed by atoms with van der Waals surface area (Å²) >= 11 is 18.8. The van der Waals surface area contributed by atoms with Gasteiger partial charge in [0.15, 0.2) is 0 Å². The number of amides is 1. The molecule has 4 atom stereocenters. The number of alkyl halides is 2. The lowest BCUT2D eigenvalue weighted by atomic mass is 9.98. The second-order valence-electron chi connectivity index (χ2n) is 8.94. The van der Waals surface area contributed by atoms with Gasteiger partial charge in [-0.05, 0) is 36.3 Å². The van der Waals surface area contributed by atoms with Crippen molar-refractivity contribution in [2.24, 2.45) is 5.73 Å². The topological polar surface area (TPSA) is 49.6 Å². The van der Waals surface area contributed by atoms with Gasteiger partial charge in [0, 0.05) is 67.3 Å². The van der Waals surface area contributed by atoms with Crippen LogP contribution in [0.15, 0.2) is 68.9 Å². The molecule has 1 saturated heterocycles. The van der Waals surface area contributed by atoms with E-state index in [1.165, 1.54) is 6.08 Å². The van der Waals surface area contributed by atoms with Gasteiger partial charge in [-0.3, -0.25) is 9.69 Å². The van der Waals surface area contributed by atoms with Crippen LogP contribution in [0.2, 0.25) is 0 Å². The van der Waals surface area contributed by atoms with Crippen molar-refractivity contribution in [3.8, 4) is 0 Å². The lowest BCUT2D eigenvalue weighted by Crippen LogP contribution is -2.47. The van der Waals surface area contributed by atoms with E-state index in [0.717, 1.165) is 12.2 Å². The van der Waals surface area contributed by atoms with E-state index in [-0.39, 0.29) is 41.4 Å². The number of rotatable bonds is 5. The first kappa shape index (κ1) is 25.4. The molecule has 1 amide bonds. The third kappa shape index (κ3) is 5.59. The molecule has 1 fully saturated rings. The smallest absolute Gasteiger partial charge is 0.250 e. The number of halogens is 6. The molecule has 0 saturated carbocycles. The lowest BCUT2D eigenvalue weighted by Gasteiger charge is -2.38. The Kier molecular flexibility index (Phi) is 7.87. The predicted octanol–water partition coefficient (Wildman–Crippen LogP) is 5.51. The van der Waals surface area contributed by atoms with Crippen molar-refractivity contribution in [2.45, 2.75) is 49.3 Å². The van der Waals surface area contributed by atoms with E-state index in [0.29, 0.717) is 48.8 Å². The van der Waals surface area contributed by atoms with Gasteiger partial charge in [0.25, 0.3) is 0 Å². The fourth-order valence-electron chi connectivity index (χ4n) is 4.76. The van der Waals surface area contributed by atoms with Crippen LogP contribution in [0.4, 0.5) is 13.2 Å². The summed E-state index contributed by atoms with van der Waals surface area (Å²) < 4.78 is 41.7. The number of allylic oxidation sites excluding steroid dienone is 7. The number of likely N-dealkylation sites (tertiary alicyclic amines) is 1. The molecule has 0 aromatic carbocycles. The van der Waals surface area contributed by atoms with Gasteiger partial charge in [0.2, 0.25) is 5.91 Å². The van der Waals surface area contributed by atoms with Crippen LogP contribution in [0.1, 0.15) is 25.7 Å². The zero-order chi connectivity index (χ0) is 24.6. The minimum absolute atomic E-state index is 0.0949. The van der Waals surface area contributed by atoms with Gasteiger partial charge >= 0.3 is 0 Å². The number of hydrogen-bond acceptors (Lipinski definition) is 3. The third-order valence-corrected chi connectivity index (χ3v) is 7.73. The fraction of sp³-hybridized carbons (Fsp3) is 0.458. The van der Waals surface area contributed by atoms with Crippen LogP contribution >= 0.6 is 34.8 Å². The maximum Gasteiger partial charge on any atom is 0.250 e. The highest BCUT2D eigenvalue weighted by atomic mass is 35.5. The molecule has 4 aliphatic rings. The molecule has 0 aromatic heterocycles. The van der Waals surface area contributed by atoms with Crippen LogP contribution in [0.3, 0.4) is 0 Å². The van der Waals surface area contributed by atoms with Crippen LogP contribution in [0.5, 0.6) is 0 Å². The van der Waals surface area contributed by atoms with Crippen molar-refractivity contribution in [3.05, 3.63) is 68.9 Å². The number of carbonyl (C=O) groups excluding carboxylic acids is 1. The first-order valence-corrected chi connectivity index (χ1v) is 12.3. The number of nitrogens with two attached hydrogens (primary N) is 1. The summed E-state index contributed by atoms with van der Waals surface area (Å²) in [7, 11) is 0. The lowest BCUT2D eigenvalue weighted by molar-refractivity contribution is -0.126. The number of hydrogen-bond donors (Lipinski definition) is 1. The normalized spacial score (nSPS) is 30.1. The van der Waals surface area contributed by atoms with E-state index in [2.05, 4.69) is 4.90 Å². The Morgan fingerprint density at radius 1 is 1.18 bits per heavy atom. The zero-order valence-electron chi connectivity index (χ0n) is 18.3. The first-order valence-electron chi connectivity index (χ1n) is 11.1. The molecule has 0 aromatic rings. The molecule has 0 spiro atoms. The van der Waals surface area contributed by atoms with E-state index < -0.39 is 23.2 Å². The van der Waals surface area contributed by atoms with Crippen molar-refractivity contribution in [3.63, 3.8) is 0 Å². The molecule has 0 radical (unpaired) electrons. The molecule has 4 rings (SSSR count). The second kappa shape index (κ2) is 10.5. The van der Waals surface area contributed by atoms with Gasteiger partial charge in [-0.1, -0.05) is 29.3 Å². The summed E-state index contributed by atoms with van der Waals surface area (Å²) in [6.45, 7) is 1.15. The minimum Gasteiger partial charge on any atom is -0.398 e. The van der Waals surface area contributed by atoms with Crippen molar-refractivity contribution in [1.82, 2.24) is 9.80 Å². The van der Waals surface area contributed by atoms with Gasteiger partial charge < -0.3 is 10.6 Å². The maximum absolute atomic E-state index is 14.2. The van der Waals surface area contributed by atoms with Gasteiger partial charge in [-0.2, -0.15) is 0 Å². The van der Waals surface area contributed by atoms with Crippen molar-refractivity contribution in [1.29, 1.82) is 0 Å². The Hall–Kier alpha value is -1.67. The average Bonchev–Trinajstić information content (AvgIpc) is 3.26. The molecule has 34 heavy (non-hydrogen) atoms. The Labute approximate surface area is 211 Å². The quantitative estimate of drug-likeness (QED) is 0.474. The Morgan fingerprint density at radius 3 is 2.65 bits per heavy atom.